The van der Waals surface area contributed by atoms with Crippen LogP contribution < -0.4 is 5.56 Å². The van der Waals surface area contributed by atoms with E-state index in [0.717, 1.165) is 9.58 Å². The monoisotopic (exact) mass is 356 g/mol. The summed E-state index contributed by atoms with van der Waals surface area (Å²) in [7, 11) is 2.91. The van der Waals surface area contributed by atoms with E-state index in [1.165, 1.54) is 19.0 Å². The fraction of sp³-hybridized carbons (Fsp3) is 0.438. The summed E-state index contributed by atoms with van der Waals surface area (Å²) >= 11 is 0. The molecule has 0 atom stereocenters. The minimum absolute atomic E-state index is 0.376. The summed E-state index contributed by atoms with van der Waals surface area (Å²) in [5.74, 6) is -0.491. The largest absolute Gasteiger partial charge is 0.401 e. The molecule has 0 N–H and O–H groups in total. The van der Waals surface area contributed by atoms with E-state index in [2.05, 4.69) is 5.10 Å². The Morgan fingerprint density at radius 2 is 1.80 bits per heavy atom. The molecule has 1 aromatic carbocycles. The molecule has 136 valence electrons. The third-order valence-electron chi connectivity index (χ3n) is 3.65. The van der Waals surface area contributed by atoms with Crippen LogP contribution in [0.25, 0.3) is 10.8 Å². The molecule has 0 spiro atoms. The van der Waals surface area contributed by atoms with Crippen molar-refractivity contribution < 1.29 is 18.0 Å². The van der Waals surface area contributed by atoms with Crippen LogP contribution in [0.2, 0.25) is 0 Å². The molecule has 0 radical (unpaired) electrons. The lowest BCUT2D eigenvalue weighted by atomic mass is 10.1. The molecule has 25 heavy (non-hydrogen) atoms. The Labute approximate surface area is 142 Å². The molecule has 0 bridgehead atoms. The lowest BCUT2D eigenvalue weighted by Gasteiger charge is -2.25. The van der Waals surface area contributed by atoms with E-state index in [4.69, 9.17) is 0 Å². The topological polar surface area (TPSA) is 58.4 Å². The van der Waals surface area contributed by atoms with Crippen LogP contribution in [0.15, 0.2) is 29.1 Å². The fourth-order valence-electron chi connectivity index (χ4n) is 2.43. The van der Waals surface area contributed by atoms with Crippen molar-refractivity contribution >= 4 is 16.7 Å². The standard InChI is InChI=1S/C16H19F3N4O2/c1-11-12-6-4-5-7-13(12)15(25)23(20-11)10-22(9-16(17,18)19)8-14(24)21(2)3/h4-7H,8-10H2,1-3H3. The van der Waals surface area contributed by atoms with Crippen LogP contribution in [-0.4, -0.2) is 58.8 Å². The van der Waals surface area contributed by atoms with Gasteiger partial charge in [-0.15, -0.1) is 0 Å². The van der Waals surface area contributed by atoms with Gasteiger partial charge in [0.25, 0.3) is 5.56 Å². The molecule has 2 aromatic rings. The number of alkyl halides is 3. The van der Waals surface area contributed by atoms with Crippen LogP contribution >= 0.6 is 0 Å². The molecule has 0 aliphatic heterocycles. The van der Waals surface area contributed by atoms with E-state index < -0.39 is 37.4 Å². The molecule has 0 unspecified atom stereocenters. The number of amides is 1. The molecular weight excluding hydrogens is 337 g/mol. The average Bonchev–Trinajstić information content (AvgIpc) is 2.50. The van der Waals surface area contributed by atoms with E-state index in [9.17, 15) is 22.8 Å². The van der Waals surface area contributed by atoms with Crippen LogP contribution in [0.5, 0.6) is 0 Å². The van der Waals surface area contributed by atoms with Gasteiger partial charge in [0.1, 0.15) is 0 Å². The van der Waals surface area contributed by atoms with E-state index in [1.807, 2.05) is 0 Å². The van der Waals surface area contributed by atoms with Crippen LogP contribution in [0, 0.1) is 6.92 Å². The molecule has 0 aliphatic rings. The number of nitrogens with zero attached hydrogens (tertiary/aromatic N) is 4. The zero-order valence-electron chi connectivity index (χ0n) is 14.2. The molecule has 0 saturated heterocycles. The van der Waals surface area contributed by atoms with Gasteiger partial charge in [-0.1, -0.05) is 18.2 Å². The quantitative estimate of drug-likeness (QED) is 0.817. The maximum absolute atomic E-state index is 12.8. The van der Waals surface area contributed by atoms with Gasteiger partial charge in [0.05, 0.1) is 30.8 Å². The van der Waals surface area contributed by atoms with E-state index in [-0.39, 0.29) is 0 Å². The molecule has 2 rings (SSSR count). The number of hydrogen-bond acceptors (Lipinski definition) is 4. The van der Waals surface area contributed by atoms with Crippen LogP contribution in [-0.2, 0) is 11.5 Å². The molecule has 6 nitrogen and oxygen atoms in total. The second kappa shape index (κ2) is 7.22. The number of aryl methyl sites for hydroxylation is 1. The first kappa shape index (κ1) is 18.9. The number of carbonyl (C=O) groups excluding carboxylic acids is 1. The summed E-state index contributed by atoms with van der Waals surface area (Å²) in [6.07, 6.45) is -4.50. The minimum atomic E-state index is -4.50. The predicted octanol–water partition coefficient (Wildman–Crippen LogP) is 1.61. The molecule has 0 fully saturated rings. The Balaban J connectivity index is 2.37. The molecular formula is C16H19F3N4O2. The van der Waals surface area contributed by atoms with E-state index in [1.54, 1.807) is 31.2 Å². The second-order valence-electron chi connectivity index (χ2n) is 5.97. The highest BCUT2D eigenvalue weighted by atomic mass is 19.4. The Hall–Kier alpha value is -2.42. The van der Waals surface area contributed by atoms with Crippen molar-refractivity contribution in [2.75, 3.05) is 27.2 Å². The number of likely N-dealkylation sites (N-methyl/N-ethyl adjacent to an activating group) is 1. The first-order valence-electron chi connectivity index (χ1n) is 7.54. The van der Waals surface area contributed by atoms with Crippen LogP contribution in [0.4, 0.5) is 13.2 Å². The fourth-order valence-corrected chi connectivity index (χ4v) is 2.43. The molecule has 1 heterocycles. The van der Waals surface area contributed by atoms with Crippen molar-refractivity contribution in [1.29, 1.82) is 0 Å². The van der Waals surface area contributed by atoms with Gasteiger partial charge in [0.15, 0.2) is 0 Å². The van der Waals surface area contributed by atoms with Gasteiger partial charge in [0, 0.05) is 19.5 Å². The normalized spacial score (nSPS) is 12.0. The van der Waals surface area contributed by atoms with Crippen molar-refractivity contribution in [2.24, 2.45) is 0 Å². The number of aromatic nitrogens is 2. The Kier molecular flexibility index (Phi) is 5.46. The lowest BCUT2D eigenvalue weighted by Crippen LogP contribution is -2.44. The number of rotatable bonds is 5. The van der Waals surface area contributed by atoms with Gasteiger partial charge in [-0.05, 0) is 13.0 Å². The first-order valence-corrected chi connectivity index (χ1v) is 7.54. The molecule has 1 aromatic heterocycles. The average molecular weight is 356 g/mol. The molecule has 1 amide bonds. The predicted molar refractivity (Wildman–Crippen MR) is 87.1 cm³/mol. The number of hydrogen-bond donors (Lipinski definition) is 0. The van der Waals surface area contributed by atoms with Gasteiger partial charge in [-0.3, -0.25) is 14.5 Å². The zero-order valence-corrected chi connectivity index (χ0v) is 14.2. The smallest absolute Gasteiger partial charge is 0.348 e. The number of halogens is 3. The molecule has 0 saturated carbocycles. The molecule has 0 aliphatic carbocycles. The highest BCUT2D eigenvalue weighted by molar-refractivity contribution is 5.83. The summed E-state index contributed by atoms with van der Waals surface area (Å²) in [5.41, 5.74) is 0.0340. The van der Waals surface area contributed by atoms with Gasteiger partial charge >= 0.3 is 6.18 Å². The van der Waals surface area contributed by atoms with E-state index >= 15 is 0 Å². The highest BCUT2D eigenvalue weighted by Gasteiger charge is 2.32. The maximum atomic E-state index is 12.8. The summed E-state index contributed by atoms with van der Waals surface area (Å²) in [4.78, 5) is 26.4. The molecule has 9 heteroatoms. The SMILES string of the molecule is Cc1nn(CN(CC(=O)N(C)C)CC(F)(F)F)c(=O)c2ccccc12. The van der Waals surface area contributed by atoms with Crippen molar-refractivity contribution in [3.05, 3.63) is 40.3 Å². The summed E-state index contributed by atoms with van der Waals surface area (Å²) < 4.78 is 39.4. The Morgan fingerprint density at radius 3 is 2.36 bits per heavy atom. The number of fused-ring (bicyclic) bond motifs is 1. The lowest BCUT2D eigenvalue weighted by molar-refractivity contribution is -0.154. The summed E-state index contributed by atoms with van der Waals surface area (Å²) in [6.45, 7) is -0.528. The van der Waals surface area contributed by atoms with Crippen molar-refractivity contribution in [2.45, 2.75) is 19.8 Å². The summed E-state index contributed by atoms with van der Waals surface area (Å²) in [5, 5.41) is 5.12. The maximum Gasteiger partial charge on any atom is 0.401 e. The third-order valence-corrected chi connectivity index (χ3v) is 3.65. The third kappa shape index (κ3) is 4.79. The number of carbonyl (C=O) groups is 1. The van der Waals surface area contributed by atoms with Crippen molar-refractivity contribution in [3.63, 3.8) is 0 Å². The Morgan fingerprint density at radius 1 is 1.20 bits per heavy atom. The van der Waals surface area contributed by atoms with Gasteiger partial charge in [0.2, 0.25) is 5.91 Å². The van der Waals surface area contributed by atoms with Gasteiger partial charge < -0.3 is 4.90 Å². The zero-order chi connectivity index (χ0) is 18.8. The second-order valence-corrected chi connectivity index (χ2v) is 5.97. The van der Waals surface area contributed by atoms with E-state index in [0.29, 0.717) is 16.5 Å². The summed E-state index contributed by atoms with van der Waals surface area (Å²) in [6, 6.07) is 6.76. The number of benzene rings is 1. The van der Waals surface area contributed by atoms with Gasteiger partial charge in [-0.2, -0.15) is 18.3 Å². The van der Waals surface area contributed by atoms with Crippen molar-refractivity contribution in [3.8, 4) is 0 Å². The Bertz CT molecular complexity index is 830. The van der Waals surface area contributed by atoms with Gasteiger partial charge in [-0.25, -0.2) is 4.68 Å². The van der Waals surface area contributed by atoms with Crippen LogP contribution in [0.3, 0.4) is 0 Å². The van der Waals surface area contributed by atoms with Crippen molar-refractivity contribution in [1.82, 2.24) is 19.6 Å². The first-order chi connectivity index (χ1) is 11.6. The van der Waals surface area contributed by atoms with Crippen LogP contribution in [0.1, 0.15) is 5.69 Å². The minimum Gasteiger partial charge on any atom is -0.348 e. The highest BCUT2D eigenvalue weighted by Crippen LogP contribution is 2.17.